The van der Waals surface area contributed by atoms with Gasteiger partial charge in [0.2, 0.25) is 17.7 Å². The van der Waals surface area contributed by atoms with E-state index in [0.717, 1.165) is 24.1 Å². The van der Waals surface area contributed by atoms with E-state index in [0.29, 0.717) is 42.1 Å². The van der Waals surface area contributed by atoms with Crippen molar-refractivity contribution in [3.05, 3.63) is 51.8 Å². The zero-order valence-electron chi connectivity index (χ0n) is 27.7. The van der Waals surface area contributed by atoms with Crippen LogP contribution in [0.2, 0.25) is 0 Å². The van der Waals surface area contributed by atoms with E-state index >= 15 is 0 Å². The molecule has 2 aliphatic rings. The number of benzene rings is 1. The minimum atomic E-state index is -0.648. The normalized spacial score (nSPS) is 18.4. The molecule has 47 heavy (non-hydrogen) atoms. The maximum atomic E-state index is 14.0. The van der Waals surface area contributed by atoms with E-state index in [1.165, 1.54) is 21.5 Å². The van der Waals surface area contributed by atoms with Crippen LogP contribution in [0.4, 0.5) is 0 Å². The smallest absolute Gasteiger partial charge is 0.408 e. The Hall–Kier alpha value is -4.46. The second-order valence-corrected chi connectivity index (χ2v) is 12.7. The number of aromatic nitrogens is 3. The first-order valence-corrected chi connectivity index (χ1v) is 16.3. The number of nitrogens with zero attached hydrogens (tertiary/aromatic N) is 6. The number of amides is 4. The highest BCUT2D eigenvalue weighted by molar-refractivity contribution is 5.96. The number of carbonyl (C=O) groups excluding carboxylic acids is 4. The summed E-state index contributed by atoms with van der Waals surface area (Å²) in [6, 6.07) is 6.72. The summed E-state index contributed by atoms with van der Waals surface area (Å²) in [6.45, 7) is 5.04. The summed E-state index contributed by atoms with van der Waals surface area (Å²) in [7, 11) is 3.35. The van der Waals surface area contributed by atoms with Gasteiger partial charge < -0.3 is 29.2 Å². The third-order valence-electron chi connectivity index (χ3n) is 9.05. The van der Waals surface area contributed by atoms with Crippen LogP contribution in [0.25, 0.3) is 11.1 Å². The predicted molar refractivity (Wildman–Crippen MR) is 173 cm³/mol. The molecule has 2 bridgehead atoms. The number of aryl methyl sites for hydroxylation is 1. The maximum absolute atomic E-state index is 14.0. The molecule has 1 N–H and O–H groups in total. The van der Waals surface area contributed by atoms with Crippen molar-refractivity contribution in [1.29, 1.82) is 0 Å². The summed E-state index contributed by atoms with van der Waals surface area (Å²) in [4.78, 5) is 72.1. The molecular formula is C33H45N7O7. The quantitative estimate of drug-likeness (QED) is 0.382. The van der Waals surface area contributed by atoms with E-state index in [-0.39, 0.29) is 76.1 Å². The van der Waals surface area contributed by atoms with Gasteiger partial charge in [0.25, 0.3) is 5.91 Å². The van der Waals surface area contributed by atoms with Gasteiger partial charge >= 0.3 is 5.76 Å². The summed E-state index contributed by atoms with van der Waals surface area (Å²) in [5.74, 6) is -1.50. The number of para-hydroxylation sites is 2. The lowest BCUT2D eigenvalue weighted by Gasteiger charge is -2.36. The molecule has 0 radical (unpaired) electrons. The van der Waals surface area contributed by atoms with Crippen molar-refractivity contribution in [2.24, 2.45) is 13.0 Å². The molecule has 0 fully saturated rings. The zero-order valence-corrected chi connectivity index (χ0v) is 27.7. The first-order chi connectivity index (χ1) is 22.6. The molecule has 5 rings (SSSR count). The van der Waals surface area contributed by atoms with Gasteiger partial charge in [-0.1, -0.05) is 26.0 Å². The van der Waals surface area contributed by atoms with Crippen molar-refractivity contribution in [2.45, 2.75) is 58.5 Å². The highest BCUT2D eigenvalue weighted by atomic mass is 16.5. The highest BCUT2D eigenvalue weighted by Crippen LogP contribution is 2.29. The van der Waals surface area contributed by atoms with Crippen molar-refractivity contribution in [3.8, 4) is 0 Å². The molecule has 3 heterocycles. The molecule has 4 amide bonds. The topological polar surface area (TPSA) is 152 Å². The molecular weight excluding hydrogens is 606 g/mol. The number of oxazole rings is 1. The van der Waals surface area contributed by atoms with Gasteiger partial charge in [0.15, 0.2) is 11.3 Å². The average Bonchev–Trinajstić information content (AvgIpc) is 3.54. The van der Waals surface area contributed by atoms with Gasteiger partial charge in [0, 0.05) is 70.6 Å². The van der Waals surface area contributed by atoms with Crippen LogP contribution < -0.4 is 11.1 Å². The van der Waals surface area contributed by atoms with Crippen LogP contribution in [-0.4, -0.2) is 112 Å². The van der Waals surface area contributed by atoms with Gasteiger partial charge in [-0.05, 0) is 43.7 Å². The van der Waals surface area contributed by atoms with E-state index in [1.54, 1.807) is 28.9 Å². The lowest BCUT2D eigenvalue weighted by molar-refractivity contribution is -0.136. The Bertz CT molecular complexity index is 1670. The number of methoxy groups -OCH3 is 1. The van der Waals surface area contributed by atoms with Crippen LogP contribution >= 0.6 is 0 Å². The van der Waals surface area contributed by atoms with E-state index < -0.39 is 11.7 Å². The first-order valence-electron chi connectivity index (χ1n) is 16.3. The third kappa shape index (κ3) is 7.75. The molecule has 0 spiro atoms. The number of nitrogens with one attached hydrogen (secondary N) is 1. The number of hydrogen-bond donors (Lipinski definition) is 1. The van der Waals surface area contributed by atoms with Crippen molar-refractivity contribution in [2.75, 3.05) is 53.0 Å². The molecule has 0 saturated carbocycles. The summed E-state index contributed by atoms with van der Waals surface area (Å²) in [5, 5.41) is 7.41. The minimum Gasteiger partial charge on any atom is -0.408 e. The average molecular weight is 652 g/mol. The molecule has 14 heteroatoms. The fraction of sp³-hybridized carbons (Fsp3) is 0.576. The van der Waals surface area contributed by atoms with Crippen molar-refractivity contribution in [1.82, 2.24) is 34.4 Å². The Balaban J connectivity index is 1.45. The SMILES string of the molecule is COCCN1CC(=O)NCCN(C(=O)Cn2c(=O)oc3ccccc32)CCC(=O)N(CCC(C)C)C2CCc3c(c(nn3C)C1=O)C2. The van der Waals surface area contributed by atoms with Crippen LogP contribution in [0.5, 0.6) is 0 Å². The number of hydrogen-bond acceptors (Lipinski definition) is 8. The Morgan fingerprint density at radius 3 is 2.66 bits per heavy atom. The fourth-order valence-corrected chi connectivity index (χ4v) is 6.41. The maximum Gasteiger partial charge on any atom is 0.420 e. The molecule has 3 aromatic rings. The van der Waals surface area contributed by atoms with Crippen LogP contribution in [0.3, 0.4) is 0 Å². The molecule has 1 aromatic carbocycles. The van der Waals surface area contributed by atoms with Crippen LogP contribution in [0, 0.1) is 5.92 Å². The first kappa shape index (κ1) is 33.9. The second-order valence-electron chi connectivity index (χ2n) is 12.7. The predicted octanol–water partition coefficient (Wildman–Crippen LogP) is 1.20. The summed E-state index contributed by atoms with van der Waals surface area (Å²) in [6.07, 6.45) is 2.73. The van der Waals surface area contributed by atoms with E-state index in [4.69, 9.17) is 9.15 Å². The van der Waals surface area contributed by atoms with Crippen molar-refractivity contribution >= 4 is 34.7 Å². The Kier molecular flexibility index (Phi) is 10.8. The number of carbonyl (C=O) groups is 4. The molecule has 254 valence electrons. The Morgan fingerprint density at radius 1 is 1.11 bits per heavy atom. The highest BCUT2D eigenvalue weighted by Gasteiger charge is 2.35. The summed E-state index contributed by atoms with van der Waals surface area (Å²) in [5.41, 5.74) is 2.94. The molecule has 1 atom stereocenters. The lowest BCUT2D eigenvalue weighted by atomic mass is 9.89. The molecule has 1 aliphatic heterocycles. The van der Waals surface area contributed by atoms with E-state index in [2.05, 4.69) is 24.3 Å². The van der Waals surface area contributed by atoms with Crippen LogP contribution in [0.15, 0.2) is 33.5 Å². The molecule has 2 aromatic heterocycles. The number of ether oxygens (including phenoxy) is 1. The Morgan fingerprint density at radius 2 is 1.89 bits per heavy atom. The van der Waals surface area contributed by atoms with Gasteiger partial charge in [0.05, 0.1) is 18.7 Å². The zero-order chi connectivity index (χ0) is 33.7. The van der Waals surface area contributed by atoms with Gasteiger partial charge in [-0.25, -0.2) is 4.79 Å². The lowest BCUT2D eigenvalue weighted by Crippen LogP contribution is -2.48. The molecule has 14 nitrogen and oxygen atoms in total. The van der Waals surface area contributed by atoms with Crippen LogP contribution in [-0.2, 0) is 45.6 Å². The Labute approximate surface area is 273 Å². The number of fused-ring (bicyclic) bond motifs is 2. The largest absolute Gasteiger partial charge is 0.420 e. The van der Waals surface area contributed by atoms with Crippen molar-refractivity contribution in [3.63, 3.8) is 0 Å². The second kappa shape index (κ2) is 15.0. The molecule has 0 saturated heterocycles. The van der Waals surface area contributed by atoms with Gasteiger partial charge in [-0.2, -0.15) is 5.10 Å². The monoisotopic (exact) mass is 651 g/mol. The van der Waals surface area contributed by atoms with E-state index in [9.17, 15) is 24.0 Å². The number of rotatable bonds is 8. The minimum absolute atomic E-state index is 0.0752. The van der Waals surface area contributed by atoms with E-state index in [1.807, 2.05) is 11.9 Å². The molecule has 1 aliphatic carbocycles. The summed E-state index contributed by atoms with van der Waals surface area (Å²) >= 11 is 0. The van der Waals surface area contributed by atoms with Gasteiger partial charge in [-0.3, -0.25) is 28.4 Å². The van der Waals surface area contributed by atoms with Gasteiger partial charge in [-0.15, -0.1) is 0 Å². The molecule has 1 unspecified atom stereocenters. The van der Waals surface area contributed by atoms with Crippen LogP contribution in [0.1, 0.15) is 54.9 Å². The summed E-state index contributed by atoms with van der Waals surface area (Å²) < 4.78 is 13.6. The third-order valence-corrected chi connectivity index (χ3v) is 9.05. The van der Waals surface area contributed by atoms with Gasteiger partial charge in [0.1, 0.15) is 6.54 Å². The fourth-order valence-electron chi connectivity index (χ4n) is 6.41. The van der Waals surface area contributed by atoms with Crippen molar-refractivity contribution < 1.29 is 28.3 Å². The standard InChI is InChI=1S/C33H45N7O7/c1-22(2)11-15-39-23-9-10-25-24(19-23)31(35-36(25)3)32(44)38(17-18-46-4)20-28(41)34-13-16-37(14-12-29(39)42)30(43)21-40-26-7-5-6-8-27(26)47-33(40)45/h5-8,22-23H,9-21H2,1-4H3,(H,34,41).